The van der Waals surface area contributed by atoms with Gasteiger partial charge in [0, 0.05) is 17.1 Å². The molecule has 1 unspecified atom stereocenters. The molecule has 4 rings (SSSR count). The molecule has 0 radical (unpaired) electrons. The Morgan fingerprint density at radius 1 is 1.10 bits per heavy atom. The van der Waals surface area contributed by atoms with Gasteiger partial charge in [-0.2, -0.15) is 5.10 Å². The van der Waals surface area contributed by atoms with Crippen molar-refractivity contribution in [3.8, 4) is 5.75 Å². The molecule has 29 heavy (non-hydrogen) atoms. The molecule has 0 fully saturated rings. The van der Waals surface area contributed by atoms with E-state index < -0.39 is 0 Å². The summed E-state index contributed by atoms with van der Waals surface area (Å²) in [7, 11) is 1.63. The van der Waals surface area contributed by atoms with Crippen LogP contribution in [0, 0.1) is 0 Å². The molecule has 1 aromatic heterocycles. The maximum absolute atomic E-state index is 13.2. The van der Waals surface area contributed by atoms with Crippen molar-refractivity contribution in [1.29, 1.82) is 0 Å². The Balaban J connectivity index is 1.70. The minimum Gasteiger partial charge on any atom is -0.497 e. The topological polar surface area (TPSA) is 54.8 Å². The first-order valence-corrected chi connectivity index (χ1v) is 10.1. The average Bonchev–Trinajstić information content (AvgIpc) is 3.20. The Labute approximate surface area is 182 Å². The highest BCUT2D eigenvalue weighted by atomic mass is 79.9. The molecule has 1 aliphatic rings. The number of hydrazone groups is 1. The smallest absolute Gasteiger partial charge is 0.276 e. The first kappa shape index (κ1) is 19.6. The van der Waals surface area contributed by atoms with Crippen molar-refractivity contribution in [2.75, 3.05) is 7.11 Å². The number of halogens is 2. The third-order valence-electron chi connectivity index (χ3n) is 4.77. The van der Waals surface area contributed by atoms with Crippen molar-refractivity contribution in [2.24, 2.45) is 5.10 Å². The summed E-state index contributed by atoms with van der Waals surface area (Å²) in [5.41, 5.74) is 3.25. The normalized spacial score (nSPS) is 15.9. The fourth-order valence-electron chi connectivity index (χ4n) is 3.23. The molecule has 1 atom stereocenters. The van der Waals surface area contributed by atoms with Gasteiger partial charge in [-0.3, -0.25) is 4.79 Å². The van der Waals surface area contributed by atoms with E-state index in [-0.39, 0.29) is 11.9 Å². The zero-order valence-electron chi connectivity index (χ0n) is 15.5. The second-order valence-electron chi connectivity index (χ2n) is 6.57. The van der Waals surface area contributed by atoms with Crippen LogP contribution in [0.3, 0.4) is 0 Å². The third-order valence-corrected chi connectivity index (χ3v) is 5.52. The maximum atomic E-state index is 13.2. The lowest BCUT2D eigenvalue weighted by Crippen LogP contribution is -2.27. The Hall–Kier alpha value is -2.70. The molecule has 2 heterocycles. The van der Waals surface area contributed by atoms with Crippen LogP contribution >= 0.6 is 27.5 Å². The van der Waals surface area contributed by atoms with Crippen molar-refractivity contribution in [2.45, 2.75) is 12.5 Å². The predicted octanol–water partition coefficient (Wildman–Crippen LogP) is 5.50. The summed E-state index contributed by atoms with van der Waals surface area (Å²) in [5.74, 6) is 0.558. The number of pyridine rings is 1. The molecule has 3 aromatic rings. The Kier molecular flexibility index (Phi) is 5.65. The molecule has 2 aromatic carbocycles. The number of benzene rings is 2. The number of hydrogen-bond acceptors (Lipinski definition) is 4. The summed E-state index contributed by atoms with van der Waals surface area (Å²) in [6.45, 7) is 0. The van der Waals surface area contributed by atoms with Gasteiger partial charge in [0.2, 0.25) is 0 Å². The van der Waals surface area contributed by atoms with E-state index in [4.69, 9.17) is 16.3 Å². The number of methoxy groups -OCH3 is 1. The van der Waals surface area contributed by atoms with Gasteiger partial charge < -0.3 is 4.74 Å². The number of rotatable bonds is 4. The standard InChI is InChI=1S/C22H17BrClN3O2/c1-29-18-9-4-14(5-10-18)19-12-20(15-2-7-17(23)8-3-15)27(26-19)22(28)16-6-11-21(24)25-13-16/h2-11,13,20H,12H2,1H3. The van der Waals surface area contributed by atoms with Crippen molar-refractivity contribution in [1.82, 2.24) is 9.99 Å². The molecule has 7 heteroatoms. The molecule has 0 saturated carbocycles. The Morgan fingerprint density at radius 2 is 1.83 bits per heavy atom. The number of hydrogen-bond donors (Lipinski definition) is 0. The van der Waals surface area contributed by atoms with Crippen molar-refractivity contribution < 1.29 is 9.53 Å². The fraction of sp³-hybridized carbons (Fsp3) is 0.136. The number of amides is 1. The largest absolute Gasteiger partial charge is 0.497 e. The van der Waals surface area contributed by atoms with Gasteiger partial charge in [0.05, 0.1) is 24.4 Å². The summed E-state index contributed by atoms with van der Waals surface area (Å²) in [6, 6.07) is 18.7. The molecule has 0 spiro atoms. The van der Waals surface area contributed by atoms with E-state index in [1.54, 1.807) is 19.2 Å². The van der Waals surface area contributed by atoms with Crippen LogP contribution in [0.1, 0.15) is 33.9 Å². The first-order valence-electron chi connectivity index (χ1n) is 8.97. The lowest BCUT2D eigenvalue weighted by molar-refractivity contribution is 0.0711. The number of nitrogens with zero attached hydrogens (tertiary/aromatic N) is 3. The minimum atomic E-state index is -0.217. The van der Waals surface area contributed by atoms with E-state index in [9.17, 15) is 4.79 Å². The van der Waals surface area contributed by atoms with Crippen LogP contribution in [0.25, 0.3) is 0 Å². The second-order valence-corrected chi connectivity index (χ2v) is 7.87. The summed E-state index contributed by atoms with van der Waals surface area (Å²) < 4.78 is 6.22. The first-order chi connectivity index (χ1) is 14.0. The molecule has 1 amide bonds. The molecule has 1 aliphatic heterocycles. The van der Waals surface area contributed by atoms with Gasteiger partial charge in [-0.05, 0) is 59.7 Å². The zero-order valence-corrected chi connectivity index (χ0v) is 17.9. The van der Waals surface area contributed by atoms with Crippen LogP contribution in [-0.2, 0) is 0 Å². The second kappa shape index (κ2) is 8.35. The van der Waals surface area contributed by atoms with Crippen LogP contribution in [0.2, 0.25) is 5.15 Å². The molecule has 0 N–H and O–H groups in total. The summed E-state index contributed by atoms with van der Waals surface area (Å²) >= 11 is 9.33. The fourth-order valence-corrected chi connectivity index (χ4v) is 3.61. The number of carbonyl (C=O) groups is 1. The van der Waals surface area contributed by atoms with Crippen LogP contribution < -0.4 is 4.74 Å². The monoisotopic (exact) mass is 469 g/mol. The Morgan fingerprint density at radius 3 is 2.45 bits per heavy atom. The van der Waals surface area contributed by atoms with Gasteiger partial charge in [0.1, 0.15) is 10.9 Å². The lowest BCUT2D eigenvalue weighted by Gasteiger charge is -2.22. The molecule has 0 aliphatic carbocycles. The predicted molar refractivity (Wildman–Crippen MR) is 116 cm³/mol. The molecule has 0 saturated heterocycles. The van der Waals surface area contributed by atoms with Gasteiger partial charge in [-0.25, -0.2) is 9.99 Å². The van der Waals surface area contributed by atoms with Gasteiger partial charge in [-0.1, -0.05) is 39.7 Å². The molecule has 0 bridgehead atoms. The van der Waals surface area contributed by atoms with E-state index >= 15 is 0 Å². The number of aromatic nitrogens is 1. The lowest BCUT2D eigenvalue weighted by atomic mass is 9.98. The van der Waals surface area contributed by atoms with Crippen LogP contribution in [0.4, 0.5) is 0 Å². The quantitative estimate of drug-likeness (QED) is 0.473. The van der Waals surface area contributed by atoms with Gasteiger partial charge in [0.25, 0.3) is 5.91 Å². The summed E-state index contributed by atoms with van der Waals surface area (Å²) in [6.07, 6.45) is 2.09. The molecular formula is C22H17BrClN3O2. The van der Waals surface area contributed by atoms with E-state index in [1.807, 2.05) is 48.5 Å². The Bertz CT molecular complexity index is 1050. The van der Waals surface area contributed by atoms with E-state index in [1.165, 1.54) is 11.2 Å². The molecule has 5 nitrogen and oxygen atoms in total. The van der Waals surface area contributed by atoms with Crippen LogP contribution in [0.15, 0.2) is 76.4 Å². The highest BCUT2D eigenvalue weighted by Gasteiger charge is 2.33. The van der Waals surface area contributed by atoms with Crippen molar-refractivity contribution >= 4 is 39.1 Å². The van der Waals surface area contributed by atoms with Gasteiger partial charge in [-0.15, -0.1) is 0 Å². The third kappa shape index (κ3) is 4.18. The number of ether oxygens (including phenoxy) is 1. The molecule has 146 valence electrons. The zero-order chi connectivity index (χ0) is 20.4. The van der Waals surface area contributed by atoms with Crippen LogP contribution in [-0.4, -0.2) is 28.7 Å². The molecular weight excluding hydrogens is 454 g/mol. The average molecular weight is 471 g/mol. The van der Waals surface area contributed by atoms with E-state index in [0.717, 1.165) is 27.1 Å². The number of carbonyl (C=O) groups excluding carboxylic acids is 1. The highest BCUT2D eigenvalue weighted by Crippen LogP contribution is 2.34. The minimum absolute atomic E-state index is 0.205. The maximum Gasteiger partial charge on any atom is 0.276 e. The van der Waals surface area contributed by atoms with E-state index in [0.29, 0.717) is 17.1 Å². The summed E-state index contributed by atoms with van der Waals surface area (Å²) in [4.78, 5) is 17.2. The summed E-state index contributed by atoms with van der Waals surface area (Å²) in [5, 5.41) is 6.56. The SMILES string of the molecule is COc1ccc(C2=NN(C(=O)c3ccc(Cl)nc3)C(c3ccc(Br)cc3)C2)cc1. The van der Waals surface area contributed by atoms with Gasteiger partial charge in [0.15, 0.2) is 0 Å². The van der Waals surface area contributed by atoms with Crippen molar-refractivity contribution in [3.05, 3.63) is 93.2 Å². The van der Waals surface area contributed by atoms with E-state index in [2.05, 4.69) is 26.0 Å². The van der Waals surface area contributed by atoms with Gasteiger partial charge >= 0.3 is 0 Å². The highest BCUT2D eigenvalue weighted by molar-refractivity contribution is 9.10. The van der Waals surface area contributed by atoms with Crippen LogP contribution in [0.5, 0.6) is 5.75 Å². The van der Waals surface area contributed by atoms with Crippen molar-refractivity contribution in [3.63, 3.8) is 0 Å².